The Morgan fingerprint density at radius 3 is 2.25 bits per heavy atom. The smallest absolute Gasteiger partial charge is 0.00949 e. The van der Waals surface area contributed by atoms with Gasteiger partial charge in [0.15, 0.2) is 0 Å². The summed E-state index contributed by atoms with van der Waals surface area (Å²) in [4.78, 5) is 0. The van der Waals surface area contributed by atoms with E-state index in [1.165, 1.54) is 44.9 Å². The van der Waals surface area contributed by atoms with E-state index < -0.39 is 0 Å². The molecule has 0 aromatic heterocycles. The first-order chi connectivity index (χ1) is 5.92. The third-order valence-corrected chi connectivity index (χ3v) is 3.95. The van der Waals surface area contributed by atoms with E-state index in [0.29, 0.717) is 0 Å². The van der Waals surface area contributed by atoms with Gasteiger partial charge in [0.25, 0.3) is 0 Å². The zero-order chi connectivity index (χ0) is 8.39. The Balaban J connectivity index is 1.90. The highest BCUT2D eigenvalue weighted by Crippen LogP contribution is 2.40. The molecule has 0 radical (unpaired) electrons. The summed E-state index contributed by atoms with van der Waals surface area (Å²) in [7, 11) is 2.14. The van der Waals surface area contributed by atoms with Crippen LogP contribution >= 0.6 is 0 Å². The van der Waals surface area contributed by atoms with Gasteiger partial charge in [-0.25, -0.2) is 0 Å². The molecule has 0 heterocycles. The van der Waals surface area contributed by atoms with Crippen molar-refractivity contribution in [1.29, 1.82) is 0 Å². The van der Waals surface area contributed by atoms with Gasteiger partial charge in [0.1, 0.15) is 0 Å². The minimum Gasteiger partial charge on any atom is -0.317 e. The van der Waals surface area contributed by atoms with Crippen LogP contribution in [0.1, 0.15) is 44.9 Å². The van der Waals surface area contributed by atoms with Crippen molar-refractivity contribution in [3.05, 3.63) is 0 Å². The monoisotopic (exact) mass is 167 g/mol. The Hall–Kier alpha value is -0.0400. The first kappa shape index (κ1) is 8.55. The molecule has 2 aliphatic carbocycles. The van der Waals surface area contributed by atoms with Crippen LogP contribution in [0.25, 0.3) is 0 Å². The van der Waals surface area contributed by atoms with Crippen LogP contribution in [0.5, 0.6) is 0 Å². The summed E-state index contributed by atoms with van der Waals surface area (Å²) in [6, 6.07) is 0.851. The fourth-order valence-electron chi connectivity index (χ4n) is 2.95. The normalized spacial score (nSPS) is 37.8. The first-order valence-electron chi connectivity index (χ1n) is 5.59. The highest BCUT2D eigenvalue weighted by molar-refractivity contribution is 4.88. The van der Waals surface area contributed by atoms with Crippen molar-refractivity contribution in [3.63, 3.8) is 0 Å². The van der Waals surface area contributed by atoms with E-state index in [1.54, 1.807) is 0 Å². The summed E-state index contributed by atoms with van der Waals surface area (Å²) >= 11 is 0. The lowest BCUT2D eigenvalue weighted by atomic mass is 9.68. The van der Waals surface area contributed by atoms with Gasteiger partial charge >= 0.3 is 0 Å². The maximum atomic E-state index is 3.50. The van der Waals surface area contributed by atoms with E-state index in [1.807, 2.05) is 0 Å². The maximum Gasteiger partial charge on any atom is 0.00949 e. The number of hydrogen-bond acceptors (Lipinski definition) is 1. The summed E-state index contributed by atoms with van der Waals surface area (Å²) < 4.78 is 0. The second-order valence-electron chi connectivity index (χ2n) is 4.53. The number of rotatable bonds is 2. The van der Waals surface area contributed by atoms with Gasteiger partial charge in [0.05, 0.1) is 0 Å². The van der Waals surface area contributed by atoms with Gasteiger partial charge in [0.2, 0.25) is 0 Å². The standard InChI is InChI=1S/C11H21N/c1-12-11-8-3-2-7-10(11)9-5-4-6-9/h9-12H,2-8H2,1H3. The van der Waals surface area contributed by atoms with Gasteiger partial charge in [0, 0.05) is 6.04 Å². The SMILES string of the molecule is CNC1CCCCC1C1CCC1. The van der Waals surface area contributed by atoms with Crippen LogP contribution < -0.4 is 5.32 Å². The van der Waals surface area contributed by atoms with E-state index >= 15 is 0 Å². The summed E-state index contributed by atoms with van der Waals surface area (Å²) in [6.07, 6.45) is 10.4. The molecule has 2 unspecified atom stereocenters. The van der Waals surface area contributed by atoms with Gasteiger partial charge in [-0.05, 0) is 31.7 Å². The lowest BCUT2D eigenvalue weighted by Gasteiger charge is -2.41. The quantitative estimate of drug-likeness (QED) is 0.666. The Morgan fingerprint density at radius 2 is 1.67 bits per heavy atom. The predicted molar refractivity (Wildman–Crippen MR) is 52.1 cm³/mol. The molecule has 70 valence electrons. The molecule has 0 amide bonds. The molecule has 0 aromatic rings. The third kappa shape index (κ3) is 1.52. The van der Waals surface area contributed by atoms with Crippen molar-refractivity contribution in [2.45, 2.75) is 51.0 Å². The molecule has 2 saturated carbocycles. The summed E-state index contributed by atoms with van der Waals surface area (Å²) in [5.41, 5.74) is 0. The van der Waals surface area contributed by atoms with E-state index in [-0.39, 0.29) is 0 Å². The molecule has 2 rings (SSSR count). The van der Waals surface area contributed by atoms with Crippen LogP contribution in [0.2, 0.25) is 0 Å². The van der Waals surface area contributed by atoms with Crippen LogP contribution in [0.3, 0.4) is 0 Å². The second-order valence-corrected chi connectivity index (χ2v) is 4.53. The van der Waals surface area contributed by atoms with E-state index in [0.717, 1.165) is 17.9 Å². The molecule has 1 nitrogen and oxygen atoms in total. The average molecular weight is 167 g/mol. The Morgan fingerprint density at radius 1 is 0.917 bits per heavy atom. The minimum absolute atomic E-state index is 0.851. The molecule has 0 bridgehead atoms. The highest BCUT2D eigenvalue weighted by Gasteiger charge is 2.33. The molecule has 12 heavy (non-hydrogen) atoms. The Bertz CT molecular complexity index is 140. The number of nitrogens with one attached hydrogen (secondary N) is 1. The molecule has 0 saturated heterocycles. The topological polar surface area (TPSA) is 12.0 Å². The van der Waals surface area contributed by atoms with Gasteiger partial charge in [-0.3, -0.25) is 0 Å². The molecular weight excluding hydrogens is 146 g/mol. The molecule has 0 aromatic carbocycles. The van der Waals surface area contributed by atoms with Crippen LogP contribution in [-0.4, -0.2) is 13.1 Å². The molecule has 1 N–H and O–H groups in total. The fourth-order valence-corrected chi connectivity index (χ4v) is 2.95. The molecule has 0 spiro atoms. The van der Waals surface area contributed by atoms with E-state index in [9.17, 15) is 0 Å². The predicted octanol–water partition coefficient (Wildman–Crippen LogP) is 2.56. The maximum absolute atomic E-state index is 3.50. The van der Waals surface area contributed by atoms with E-state index in [4.69, 9.17) is 0 Å². The van der Waals surface area contributed by atoms with Crippen LogP contribution in [0.4, 0.5) is 0 Å². The minimum atomic E-state index is 0.851. The zero-order valence-corrected chi connectivity index (χ0v) is 8.18. The first-order valence-corrected chi connectivity index (χ1v) is 5.59. The zero-order valence-electron chi connectivity index (χ0n) is 8.18. The van der Waals surface area contributed by atoms with Gasteiger partial charge in [-0.15, -0.1) is 0 Å². The number of hydrogen-bond donors (Lipinski definition) is 1. The lowest BCUT2D eigenvalue weighted by Crippen LogP contribution is -2.41. The molecule has 2 atom stereocenters. The highest BCUT2D eigenvalue weighted by atomic mass is 14.9. The largest absolute Gasteiger partial charge is 0.317 e. The summed E-state index contributed by atoms with van der Waals surface area (Å²) in [5, 5.41) is 3.50. The van der Waals surface area contributed by atoms with Gasteiger partial charge in [-0.2, -0.15) is 0 Å². The van der Waals surface area contributed by atoms with Gasteiger partial charge in [-0.1, -0.05) is 32.1 Å². The molecule has 2 fully saturated rings. The van der Waals surface area contributed by atoms with Crippen LogP contribution in [-0.2, 0) is 0 Å². The molecule has 1 heteroatoms. The van der Waals surface area contributed by atoms with Crippen LogP contribution in [0.15, 0.2) is 0 Å². The lowest BCUT2D eigenvalue weighted by molar-refractivity contribution is 0.127. The second kappa shape index (κ2) is 3.78. The molecular formula is C11H21N. The van der Waals surface area contributed by atoms with Crippen molar-refractivity contribution in [3.8, 4) is 0 Å². The van der Waals surface area contributed by atoms with Crippen molar-refractivity contribution in [2.24, 2.45) is 11.8 Å². The van der Waals surface area contributed by atoms with Crippen LogP contribution in [0, 0.1) is 11.8 Å². The van der Waals surface area contributed by atoms with Crippen molar-refractivity contribution < 1.29 is 0 Å². The molecule has 2 aliphatic rings. The summed E-state index contributed by atoms with van der Waals surface area (Å²) in [6.45, 7) is 0. The van der Waals surface area contributed by atoms with Crippen molar-refractivity contribution in [1.82, 2.24) is 5.32 Å². The Labute approximate surface area is 75.9 Å². The third-order valence-electron chi connectivity index (χ3n) is 3.95. The Kier molecular flexibility index (Phi) is 2.69. The summed E-state index contributed by atoms with van der Waals surface area (Å²) in [5.74, 6) is 2.11. The average Bonchev–Trinajstić information content (AvgIpc) is 2.02. The van der Waals surface area contributed by atoms with Crippen molar-refractivity contribution in [2.75, 3.05) is 7.05 Å². The van der Waals surface area contributed by atoms with Crippen molar-refractivity contribution >= 4 is 0 Å². The van der Waals surface area contributed by atoms with E-state index in [2.05, 4.69) is 12.4 Å². The fraction of sp³-hybridized carbons (Fsp3) is 1.00. The molecule has 0 aliphatic heterocycles. The van der Waals surface area contributed by atoms with Gasteiger partial charge < -0.3 is 5.32 Å².